The number of carbonyl (C=O) groups is 1. The number of benzene rings is 1. The van der Waals surface area contributed by atoms with Crippen LogP contribution in [0.4, 0.5) is 4.39 Å². The lowest BCUT2D eigenvalue weighted by atomic mass is 9.89. The van der Waals surface area contributed by atoms with E-state index in [9.17, 15) is 9.18 Å². The van der Waals surface area contributed by atoms with Crippen LogP contribution in [0.15, 0.2) is 36.9 Å². The molecule has 0 unspecified atom stereocenters. The molecule has 0 saturated carbocycles. The van der Waals surface area contributed by atoms with Crippen molar-refractivity contribution in [2.45, 2.75) is 12.8 Å². The summed E-state index contributed by atoms with van der Waals surface area (Å²) in [7, 11) is 0. The smallest absolute Gasteiger partial charge is 0.169 e. The Kier molecular flexibility index (Phi) is 5.44. The molecule has 0 amide bonds. The third-order valence-corrected chi connectivity index (χ3v) is 4.08. The molecule has 21 heavy (non-hydrogen) atoms. The van der Waals surface area contributed by atoms with E-state index < -0.39 is 0 Å². The van der Waals surface area contributed by atoms with E-state index in [1.807, 2.05) is 0 Å². The highest BCUT2D eigenvalue weighted by molar-refractivity contribution is 7.80. The van der Waals surface area contributed by atoms with E-state index in [0.717, 1.165) is 25.9 Å². The van der Waals surface area contributed by atoms with Gasteiger partial charge in [0.2, 0.25) is 0 Å². The Morgan fingerprint density at radius 2 is 2.00 bits per heavy atom. The Bertz CT molecular complexity index is 522. The minimum absolute atomic E-state index is 0.00563. The molecule has 3 nitrogen and oxygen atoms in total. The Labute approximate surface area is 129 Å². The van der Waals surface area contributed by atoms with Crippen LogP contribution in [-0.4, -0.2) is 35.4 Å². The normalized spacial score (nSPS) is 15.6. The molecule has 1 aromatic rings. The summed E-state index contributed by atoms with van der Waals surface area (Å²) in [6.45, 7) is 5.82. The van der Waals surface area contributed by atoms with E-state index in [0.29, 0.717) is 17.2 Å². The number of nitrogens with one attached hydrogen (secondary N) is 1. The summed E-state index contributed by atoms with van der Waals surface area (Å²) in [6, 6.07) is 5.77. The second-order valence-corrected chi connectivity index (χ2v) is 5.49. The third kappa shape index (κ3) is 4.11. The molecular weight excluding hydrogens is 287 g/mol. The number of piperidine rings is 1. The van der Waals surface area contributed by atoms with Crippen molar-refractivity contribution >= 4 is 23.1 Å². The van der Waals surface area contributed by atoms with Gasteiger partial charge in [-0.1, -0.05) is 6.08 Å². The number of thiocarbonyl (C=S) groups is 1. The highest BCUT2D eigenvalue weighted by atomic mass is 32.1. The molecule has 1 heterocycles. The number of hydrogen-bond acceptors (Lipinski definition) is 2. The van der Waals surface area contributed by atoms with Gasteiger partial charge in [0, 0.05) is 31.1 Å². The SMILES string of the molecule is C=CCNC(=S)N1CCC(C(=O)c2ccc(F)cc2)CC1. The average molecular weight is 306 g/mol. The first-order valence-corrected chi connectivity index (χ1v) is 7.46. The van der Waals surface area contributed by atoms with Crippen molar-refractivity contribution in [1.29, 1.82) is 0 Å². The third-order valence-electron chi connectivity index (χ3n) is 3.68. The van der Waals surface area contributed by atoms with Crippen molar-refractivity contribution < 1.29 is 9.18 Å². The highest BCUT2D eigenvalue weighted by Crippen LogP contribution is 2.22. The Hall–Kier alpha value is -1.75. The zero-order valence-corrected chi connectivity index (χ0v) is 12.7. The fourth-order valence-electron chi connectivity index (χ4n) is 2.47. The number of likely N-dealkylation sites (tertiary alicyclic amines) is 1. The molecule has 112 valence electrons. The van der Waals surface area contributed by atoms with Gasteiger partial charge in [-0.05, 0) is 49.3 Å². The van der Waals surface area contributed by atoms with Crippen molar-refractivity contribution in [3.63, 3.8) is 0 Å². The van der Waals surface area contributed by atoms with Crippen LogP contribution in [-0.2, 0) is 0 Å². The lowest BCUT2D eigenvalue weighted by Gasteiger charge is -2.33. The fraction of sp³-hybridized carbons (Fsp3) is 0.375. The topological polar surface area (TPSA) is 32.3 Å². The first-order chi connectivity index (χ1) is 10.1. The van der Waals surface area contributed by atoms with E-state index in [-0.39, 0.29) is 17.5 Å². The molecule has 0 aliphatic carbocycles. The van der Waals surface area contributed by atoms with Gasteiger partial charge in [-0.3, -0.25) is 4.79 Å². The van der Waals surface area contributed by atoms with Crippen molar-refractivity contribution in [1.82, 2.24) is 10.2 Å². The average Bonchev–Trinajstić information content (AvgIpc) is 2.53. The molecule has 0 atom stereocenters. The summed E-state index contributed by atoms with van der Waals surface area (Å²) in [4.78, 5) is 14.4. The molecule has 0 bridgehead atoms. The molecule has 1 aliphatic rings. The van der Waals surface area contributed by atoms with Gasteiger partial charge in [-0.15, -0.1) is 6.58 Å². The molecule has 1 aromatic carbocycles. The second kappa shape index (κ2) is 7.31. The number of rotatable bonds is 4. The van der Waals surface area contributed by atoms with Crippen LogP contribution in [0.25, 0.3) is 0 Å². The predicted octanol–water partition coefficient (Wildman–Crippen LogP) is 2.78. The molecule has 2 rings (SSSR count). The highest BCUT2D eigenvalue weighted by Gasteiger charge is 2.26. The first-order valence-electron chi connectivity index (χ1n) is 7.05. The van der Waals surface area contributed by atoms with Crippen molar-refractivity contribution in [2.75, 3.05) is 19.6 Å². The molecule has 1 N–H and O–H groups in total. The number of hydrogen-bond donors (Lipinski definition) is 1. The van der Waals surface area contributed by atoms with Gasteiger partial charge in [0.15, 0.2) is 10.9 Å². The molecule has 1 saturated heterocycles. The molecular formula is C16H19FN2OS. The standard InChI is InChI=1S/C16H19FN2OS/c1-2-9-18-16(21)19-10-7-13(8-11-19)15(20)12-3-5-14(17)6-4-12/h2-6,13H,1,7-11H2,(H,18,21). The molecule has 0 aromatic heterocycles. The monoisotopic (exact) mass is 306 g/mol. The van der Waals surface area contributed by atoms with Gasteiger partial charge < -0.3 is 10.2 Å². The van der Waals surface area contributed by atoms with Crippen molar-refractivity contribution in [3.8, 4) is 0 Å². The van der Waals surface area contributed by atoms with Gasteiger partial charge in [0.25, 0.3) is 0 Å². The zero-order chi connectivity index (χ0) is 15.2. The molecule has 1 aliphatic heterocycles. The Morgan fingerprint density at radius 3 is 2.57 bits per heavy atom. The Balaban J connectivity index is 1.88. The summed E-state index contributed by atoms with van der Waals surface area (Å²) >= 11 is 5.29. The predicted molar refractivity (Wildman–Crippen MR) is 85.8 cm³/mol. The van der Waals surface area contributed by atoms with E-state index in [1.54, 1.807) is 18.2 Å². The van der Waals surface area contributed by atoms with Gasteiger partial charge in [0.1, 0.15) is 5.82 Å². The van der Waals surface area contributed by atoms with Gasteiger partial charge in [-0.25, -0.2) is 4.39 Å². The number of Topliss-reactive ketones (excluding diaryl/α,β-unsaturated/α-hetero) is 1. The largest absolute Gasteiger partial charge is 0.359 e. The quantitative estimate of drug-likeness (QED) is 0.527. The maximum atomic E-state index is 12.9. The molecule has 1 fully saturated rings. The van der Waals surface area contributed by atoms with E-state index in [2.05, 4.69) is 16.8 Å². The summed E-state index contributed by atoms with van der Waals surface area (Å²) in [5.74, 6) is -0.228. The maximum Gasteiger partial charge on any atom is 0.169 e. The number of ketones is 1. The van der Waals surface area contributed by atoms with Crippen molar-refractivity contribution in [2.24, 2.45) is 5.92 Å². The fourth-order valence-corrected chi connectivity index (χ4v) is 2.73. The van der Waals surface area contributed by atoms with E-state index in [4.69, 9.17) is 12.2 Å². The van der Waals surface area contributed by atoms with Crippen LogP contribution >= 0.6 is 12.2 Å². The zero-order valence-electron chi connectivity index (χ0n) is 11.8. The first kappa shape index (κ1) is 15.6. The lowest BCUT2D eigenvalue weighted by molar-refractivity contribution is 0.0872. The molecule has 5 heteroatoms. The summed E-state index contributed by atoms with van der Waals surface area (Å²) in [5, 5.41) is 3.81. The van der Waals surface area contributed by atoms with Crippen LogP contribution in [0.2, 0.25) is 0 Å². The second-order valence-electron chi connectivity index (χ2n) is 5.11. The maximum absolute atomic E-state index is 12.9. The van der Waals surface area contributed by atoms with Crippen LogP contribution in [0.3, 0.4) is 0 Å². The minimum atomic E-state index is -0.319. The summed E-state index contributed by atoms with van der Waals surface area (Å²) < 4.78 is 12.9. The van der Waals surface area contributed by atoms with Crippen LogP contribution < -0.4 is 5.32 Å². The minimum Gasteiger partial charge on any atom is -0.359 e. The molecule has 0 radical (unpaired) electrons. The van der Waals surface area contributed by atoms with Crippen LogP contribution in [0, 0.1) is 11.7 Å². The summed E-state index contributed by atoms with van der Waals surface area (Å²) in [6.07, 6.45) is 3.30. The van der Waals surface area contributed by atoms with Crippen molar-refractivity contribution in [3.05, 3.63) is 48.3 Å². The van der Waals surface area contributed by atoms with Gasteiger partial charge >= 0.3 is 0 Å². The number of halogens is 1. The number of carbonyl (C=O) groups excluding carboxylic acids is 1. The van der Waals surface area contributed by atoms with E-state index in [1.165, 1.54) is 12.1 Å². The van der Waals surface area contributed by atoms with Gasteiger partial charge in [0.05, 0.1) is 0 Å². The summed E-state index contributed by atoms with van der Waals surface area (Å²) in [5.41, 5.74) is 0.585. The lowest BCUT2D eigenvalue weighted by Crippen LogP contribution is -2.45. The van der Waals surface area contributed by atoms with E-state index >= 15 is 0 Å². The Morgan fingerprint density at radius 1 is 1.38 bits per heavy atom. The van der Waals surface area contributed by atoms with Crippen LogP contribution in [0.5, 0.6) is 0 Å². The number of nitrogens with zero attached hydrogens (tertiary/aromatic N) is 1. The van der Waals surface area contributed by atoms with Gasteiger partial charge in [-0.2, -0.15) is 0 Å². The van der Waals surface area contributed by atoms with Crippen LogP contribution in [0.1, 0.15) is 23.2 Å². The molecule has 0 spiro atoms.